The van der Waals surface area contributed by atoms with Crippen LogP contribution in [0.5, 0.6) is 5.75 Å². The molecule has 2 nitrogen and oxygen atoms in total. The predicted octanol–water partition coefficient (Wildman–Crippen LogP) is 4.22. The molecule has 1 atom stereocenters. The standard InChI is InChI=1S/C14H18BrFO2/c1-3-4-11(8-15)9-18-14-6-5-12(16)7-13(14)10(2)17/h5-7,11H,3-4,8-9H2,1-2H3. The number of ketones is 1. The van der Waals surface area contributed by atoms with E-state index in [9.17, 15) is 9.18 Å². The van der Waals surface area contributed by atoms with E-state index < -0.39 is 5.82 Å². The average molecular weight is 317 g/mol. The Kier molecular flexibility index (Phi) is 6.33. The molecule has 0 heterocycles. The maximum absolute atomic E-state index is 13.1. The number of carbonyl (C=O) groups is 1. The van der Waals surface area contributed by atoms with Gasteiger partial charge in [0.15, 0.2) is 5.78 Å². The zero-order valence-corrected chi connectivity index (χ0v) is 12.3. The van der Waals surface area contributed by atoms with Gasteiger partial charge in [-0.3, -0.25) is 4.79 Å². The Morgan fingerprint density at radius 3 is 2.78 bits per heavy atom. The minimum Gasteiger partial charge on any atom is -0.493 e. The SMILES string of the molecule is CCCC(CBr)COc1ccc(F)cc1C(C)=O. The molecule has 0 aromatic heterocycles. The molecule has 1 unspecified atom stereocenters. The lowest BCUT2D eigenvalue weighted by atomic mass is 10.1. The summed E-state index contributed by atoms with van der Waals surface area (Å²) in [5.41, 5.74) is 0.305. The van der Waals surface area contributed by atoms with E-state index in [4.69, 9.17) is 4.74 Å². The minimum atomic E-state index is -0.418. The lowest BCUT2D eigenvalue weighted by Gasteiger charge is -2.15. The fourth-order valence-corrected chi connectivity index (χ4v) is 2.23. The second-order valence-electron chi connectivity index (χ2n) is 4.32. The normalized spacial score (nSPS) is 12.2. The summed E-state index contributed by atoms with van der Waals surface area (Å²) in [6, 6.07) is 4.05. The highest BCUT2D eigenvalue weighted by molar-refractivity contribution is 9.09. The van der Waals surface area contributed by atoms with Crippen molar-refractivity contribution in [1.29, 1.82) is 0 Å². The van der Waals surface area contributed by atoms with Crippen LogP contribution in [-0.4, -0.2) is 17.7 Å². The van der Waals surface area contributed by atoms with Crippen LogP contribution in [-0.2, 0) is 0 Å². The van der Waals surface area contributed by atoms with E-state index in [2.05, 4.69) is 22.9 Å². The molecule has 0 radical (unpaired) electrons. The Hall–Kier alpha value is -0.900. The number of carbonyl (C=O) groups excluding carboxylic acids is 1. The Morgan fingerprint density at radius 1 is 1.50 bits per heavy atom. The maximum atomic E-state index is 13.1. The highest BCUT2D eigenvalue weighted by atomic mass is 79.9. The van der Waals surface area contributed by atoms with Crippen LogP contribution in [0.4, 0.5) is 4.39 Å². The zero-order valence-electron chi connectivity index (χ0n) is 10.7. The van der Waals surface area contributed by atoms with Gasteiger partial charge >= 0.3 is 0 Å². The molecule has 0 fully saturated rings. The summed E-state index contributed by atoms with van der Waals surface area (Å²) in [4.78, 5) is 11.4. The summed E-state index contributed by atoms with van der Waals surface area (Å²) in [6.07, 6.45) is 2.14. The average Bonchev–Trinajstić information content (AvgIpc) is 2.35. The first kappa shape index (κ1) is 15.2. The van der Waals surface area contributed by atoms with Gasteiger partial charge in [-0.2, -0.15) is 0 Å². The Labute approximate surface area is 116 Å². The maximum Gasteiger partial charge on any atom is 0.163 e. The first-order valence-corrected chi connectivity index (χ1v) is 7.19. The van der Waals surface area contributed by atoms with E-state index in [-0.39, 0.29) is 5.78 Å². The van der Waals surface area contributed by atoms with Crippen LogP contribution < -0.4 is 4.74 Å². The molecule has 0 aliphatic carbocycles. The zero-order chi connectivity index (χ0) is 13.5. The van der Waals surface area contributed by atoms with Crippen molar-refractivity contribution in [3.8, 4) is 5.75 Å². The van der Waals surface area contributed by atoms with Crippen LogP contribution in [0.3, 0.4) is 0 Å². The van der Waals surface area contributed by atoms with Gasteiger partial charge in [0, 0.05) is 11.2 Å². The van der Waals surface area contributed by atoms with E-state index in [0.29, 0.717) is 23.8 Å². The monoisotopic (exact) mass is 316 g/mol. The lowest BCUT2D eigenvalue weighted by molar-refractivity contribution is 0.101. The number of ether oxygens (including phenoxy) is 1. The first-order valence-electron chi connectivity index (χ1n) is 6.07. The van der Waals surface area contributed by atoms with Crippen LogP contribution in [0.1, 0.15) is 37.0 Å². The summed E-state index contributed by atoms with van der Waals surface area (Å²) in [6.45, 7) is 4.06. The van der Waals surface area contributed by atoms with E-state index in [0.717, 1.165) is 18.2 Å². The smallest absolute Gasteiger partial charge is 0.163 e. The minimum absolute atomic E-state index is 0.185. The number of benzene rings is 1. The molecule has 0 saturated heterocycles. The van der Waals surface area contributed by atoms with Gasteiger partial charge in [0.25, 0.3) is 0 Å². The van der Waals surface area contributed by atoms with Crippen molar-refractivity contribution >= 4 is 21.7 Å². The van der Waals surface area contributed by atoms with Crippen molar-refractivity contribution in [2.24, 2.45) is 5.92 Å². The van der Waals surface area contributed by atoms with Crippen molar-refractivity contribution in [2.75, 3.05) is 11.9 Å². The molecule has 0 amide bonds. The summed E-state index contributed by atoms with van der Waals surface area (Å²) < 4.78 is 18.7. The third-order valence-electron chi connectivity index (χ3n) is 2.71. The van der Waals surface area contributed by atoms with Gasteiger partial charge in [0.05, 0.1) is 12.2 Å². The van der Waals surface area contributed by atoms with Crippen LogP contribution in [0.15, 0.2) is 18.2 Å². The summed E-state index contributed by atoms with van der Waals surface area (Å²) in [5, 5.41) is 0.859. The molecule has 4 heteroatoms. The molecule has 0 aliphatic heterocycles. The number of rotatable bonds is 7. The fraction of sp³-hybridized carbons (Fsp3) is 0.500. The van der Waals surface area contributed by atoms with E-state index in [1.807, 2.05) is 0 Å². The topological polar surface area (TPSA) is 26.3 Å². The van der Waals surface area contributed by atoms with Gasteiger partial charge in [0.2, 0.25) is 0 Å². The molecule has 0 N–H and O–H groups in total. The van der Waals surface area contributed by atoms with Crippen molar-refractivity contribution in [3.63, 3.8) is 0 Å². The fourth-order valence-electron chi connectivity index (χ4n) is 1.72. The van der Waals surface area contributed by atoms with Crippen LogP contribution >= 0.6 is 15.9 Å². The van der Waals surface area contributed by atoms with Gasteiger partial charge in [-0.05, 0) is 31.5 Å². The highest BCUT2D eigenvalue weighted by Crippen LogP contribution is 2.22. The number of alkyl halides is 1. The van der Waals surface area contributed by atoms with Crippen LogP contribution in [0, 0.1) is 11.7 Å². The number of hydrogen-bond acceptors (Lipinski definition) is 2. The molecule has 0 spiro atoms. The number of hydrogen-bond donors (Lipinski definition) is 0. The molecular weight excluding hydrogens is 299 g/mol. The summed E-state index contributed by atoms with van der Waals surface area (Å²) >= 11 is 3.44. The molecule has 0 saturated carbocycles. The largest absolute Gasteiger partial charge is 0.493 e. The Bertz CT molecular complexity index is 407. The van der Waals surface area contributed by atoms with E-state index in [1.54, 1.807) is 0 Å². The van der Waals surface area contributed by atoms with Gasteiger partial charge in [0.1, 0.15) is 11.6 Å². The van der Waals surface area contributed by atoms with Gasteiger partial charge in [-0.1, -0.05) is 29.3 Å². The van der Waals surface area contributed by atoms with Gasteiger partial charge in [-0.15, -0.1) is 0 Å². The molecule has 100 valence electrons. The third kappa shape index (κ3) is 4.41. The molecule has 18 heavy (non-hydrogen) atoms. The predicted molar refractivity (Wildman–Crippen MR) is 74.1 cm³/mol. The molecule has 1 aromatic rings. The number of Topliss-reactive ketones (excluding diaryl/α,β-unsaturated/α-hetero) is 1. The second kappa shape index (κ2) is 7.52. The van der Waals surface area contributed by atoms with Gasteiger partial charge in [-0.25, -0.2) is 4.39 Å². The molecule has 0 bridgehead atoms. The van der Waals surface area contributed by atoms with Crippen molar-refractivity contribution in [2.45, 2.75) is 26.7 Å². The molecular formula is C14H18BrFO2. The quantitative estimate of drug-likeness (QED) is 0.556. The molecule has 1 rings (SSSR count). The Morgan fingerprint density at radius 2 is 2.22 bits per heavy atom. The second-order valence-corrected chi connectivity index (χ2v) is 4.96. The molecule has 1 aromatic carbocycles. The van der Waals surface area contributed by atoms with Crippen LogP contribution in [0.2, 0.25) is 0 Å². The first-order chi connectivity index (χ1) is 8.58. The van der Waals surface area contributed by atoms with Gasteiger partial charge < -0.3 is 4.74 Å². The lowest BCUT2D eigenvalue weighted by Crippen LogP contribution is -2.14. The highest BCUT2D eigenvalue weighted by Gasteiger charge is 2.12. The molecule has 0 aliphatic rings. The van der Waals surface area contributed by atoms with Crippen molar-refractivity contribution in [1.82, 2.24) is 0 Å². The van der Waals surface area contributed by atoms with Crippen molar-refractivity contribution in [3.05, 3.63) is 29.6 Å². The Balaban J connectivity index is 2.74. The summed E-state index contributed by atoms with van der Waals surface area (Å²) in [5.74, 6) is 0.263. The van der Waals surface area contributed by atoms with E-state index in [1.165, 1.54) is 25.1 Å². The number of halogens is 2. The summed E-state index contributed by atoms with van der Waals surface area (Å²) in [7, 11) is 0. The van der Waals surface area contributed by atoms with E-state index >= 15 is 0 Å². The van der Waals surface area contributed by atoms with Crippen molar-refractivity contribution < 1.29 is 13.9 Å². The van der Waals surface area contributed by atoms with Crippen LogP contribution in [0.25, 0.3) is 0 Å². The third-order valence-corrected chi connectivity index (χ3v) is 3.63.